The van der Waals surface area contributed by atoms with Gasteiger partial charge in [0, 0.05) is 37.2 Å². The highest BCUT2D eigenvalue weighted by molar-refractivity contribution is 6.31. The van der Waals surface area contributed by atoms with E-state index in [9.17, 15) is 4.39 Å². The van der Waals surface area contributed by atoms with Gasteiger partial charge in [-0.2, -0.15) is 0 Å². The fraction of sp³-hybridized carbons (Fsp3) is 0.613. The molecule has 2 aromatic carbocycles. The zero-order valence-corrected chi connectivity index (χ0v) is 24.4. The molecule has 0 aromatic heterocycles. The van der Waals surface area contributed by atoms with Gasteiger partial charge in [-0.05, 0) is 83.7 Å². The average molecular weight is 503 g/mol. The first kappa shape index (κ1) is 29.8. The smallest absolute Gasteiger partial charge is 0.127 e. The van der Waals surface area contributed by atoms with Crippen molar-refractivity contribution in [3.63, 3.8) is 0 Å². The third-order valence-corrected chi connectivity index (χ3v) is 7.22. The van der Waals surface area contributed by atoms with Crippen LogP contribution in [0.5, 0.6) is 0 Å². The maximum Gasteiger partial charge on any atom is 0.127 e. The van der Waals surface area contributed by atoms with Crippen LogP contribution in [0.1, 0.15) is 113 Å². The van der Waals surface area contributed by atoms with Gasteiger partial charge >= 0.3 is 0 Å². The van der Waals surface area contributed by atoms with Gasteiger partial charge in [0.05, 0.1) is 0 Å². The monoisotopic (exact) mass is 502 g/mol. The van der Waals surface area contributed by atoms with Gasteiger partial charge in [-0.1, -0.05) is 79.1 Å². The van der Waals surface area contributed by atoms with Crippen molar-refractivity contribution in [3.05, 3.63) is 68.5 Å². The zero-order chi connectivity index (χ0) is 26.3. The van der Waals surface area contributed by atoms with Crippen molar-refractivity contribution in [2.24, 2.45) is 0 Å². The molecule has 2 heterocycles. The Balaban J connectivity index is 0.000000217. The van der Waals surface area contributed by atoms with Crippen molar-refractivity contribution in [3.8, 4) is 0 Å². The largest absolute Gasteiger partial charge is 0.302 e. The maximum atomic E-state index is 13.8. The Kier molecular flexibility index (Phi) is 11.7. The molecular weight excluding hydrogens is 455 g/mol. The van der Waals surface area contributed by atoms with Crippen LogP contribution in [-0.4, -0.2) is 29.4 Å². The van der Waals surface area contributed by atoms with Crippen molar-refractivity contribution in [2.75, 3.05) is 13.6 Å². The van der Waals surface area contributed by atoms with E-state index < -0.39 is 0 Å². The Morgan fingerprint density at radius 3 is 1.83 bits per heavy atom. The molecule has 1 aliphatic carbocycles. The summed E-state index contributed by atoms with van der Waals surface area (Å²) in [5.41, 5.74) is 7.60. The number of hydrogen-bond donors (Lipinski definition) is 0. The normalized spacial score (nSPS) is 16.9. The minimum Gasteiger partial charge on any atom is -0.302 e. The summed E-state index contributed by atoms with van der Waals surface area (Å²) in [5.74, 6) is 0.772. The third-order valence-electron chi connectivity index (χ3n) is 6.90. The first-order valence-electron chi connectivity index (χ1n) is 13.8. The van der Waals surface area contributed by atoms with Gasteiger partial charge in [-0.3, -0.25) is 4.90 Å². The van der Waals surface area contributed by atoms with Gasteiger partial charge in [0.25, 0.3) is 0 Å². The lowest BCUT2D eigenvalue weighted by molar-refractivity contribution is 0.273. The molecule has 35 heavy (non-hydrogen) atoms. The molecule has 4 heteroatoms. The molecule has 3 aliphatic rings. The summed E-state index contributed by atoms with van der Waals surface area (Å²) in [7, 11) is 2.16. The van der Waals surface area contributed by atoms with Crippen LogP contribution < -0.4 is 0 Å². The second kappa shape index (κ2) is 13.8. The molecule has 0 atom stereocenters. The van der Waals surface area contributed by atoms with E-state index >= 15 is 0 Å². The molecule has 1 fully saturated rings. The highest BCUT2D eigenvalue weighted by Gasteiger charge is 2.33. The van der Waals surface area contributed by atoms with Crippen LogP contribution in [0, 0.1) is 5.82 Å². The van der Waals surface area contributed by atoms with Crippen molar-refractivity contribution >= 4 is 11.6 Å². The topological polar surface area (TPSA) is 6.48 Å². The van der Waals surface area contributed by atoms with Crippen molar-refractivity contribution in [1.82, 2.24) is 9.80 Å². The summed E-state index contributed by atoms with van der Waals surface area (Å²) in [4.78, 5) is 4.82. The molecule has 1 saturated carbocycles. The fourth-order valence-corrected chi connectivity index (χ4v) is 5.19. The van der Waals surface area contributed by atoms with E-state index in [1.54, 1.807) is 6.07 Å². The van der Waals surface area contributed by atoms with E-state index in [4.69, 9.17) is 11.6 Å². The van der Waals surface area contributed by atoms with E-state index in [-0.39, 0.29) is 11.7 Å². The summed E-state index contributed by atoms with van der Waals surface area (Å²) in [6, 6.07) is 9.07. The molecule has 0 unspecified atom stereocenters. The van der Waals surface area contributed by atoms with E-state index in [2.05, 4.69) is 62.7 Å². The molecular formula is C31H48ClFN2. The summed E-state index contributed by atoms with van der Waals surface area (Å²) < 4.78 is 13.8. The third kappa shape index (κ3) is 7.78. The molecule has 0 spiro atoms. The SMILES string of the molecule is CC.CC.CC(C)c1cc2c(cc1Cl)CN(C)CC2.CC(C)c1cc2c(cc1F)CN(C1CC1)C2. The molecule has 2 aromatic rings. The van der Waals surface area contributed by atoms with E-state index in [1.807, 2.05) is 27.7 Å². The van der Waals surface area contributed by atoms with E-state index in [0.29, 0.717) is 5.92 Å². The number of benzene rings is 2. The van der Waals surface area contributed by atoms with Crippen molar-refractivity contribution < 1.29 is 4.39 Å². The summed E-state index contributed by atoms with van der Waals surface area (Å²) >= 11 is 6.29. The molecule has 0 saturated heterocycles. The molecule has 5 rings (SSSR count). The van der Waals surface area contributed by atoms with E-state index in [0.717, 1.165) is 49.2 Å². The van der Waals surface area contributed by atoms with Crippen LogP contribution in [0.15, 0.2) is 24.3 Å². The maximum absolute atomic E-state index is 13.8. The first-order chi connectivity index (χ1) is 16.7. The van der Waals surface area contributed by atoms with Crippen LogP contribution >= 0.6 is 11.6 Å². The van der Waals surface area contributed by atoms with Crippen LogP contribution in [0.4, 0.5) is 4.39 Å². The molecule has 0 radical (unpaired) electrons. The van der Waals surface area contributed by atoms with Gasteiger partial charge in [0.2, 0.25) is 0 Å². The van der Waals surface area contributed by atoms with Crippen molar-refractivity contribution in [1.29, 1.82) is 0 Å². The average Bonchev–Trinajstić information content (AvgIpc) is 3.60. The Hall–Kier alpha value is -1.42. The molecule has 2 aliphatic heterocycles. The zero-order valence-electron chi connectivity index (χ0n) is 23.6. The van der Waals surface area contributed by atoms with Gasteiger partial charge in [0.15, 0.2) is 0 Å². The number of halogens is 2. The fourth-order valence-electron chi connectivity index (χ4n) is 4.79. The Bertz CT molecular complexity index is 949. The lowest BCUT2D eigenvalue weighted by atomic mass is 9.93. The number of nitrogens with zero attached hydrogens (tertiary/aromatic N) is 2. The number of likely N-dealkylation sites (N-methyl/N-ethyl adjacent to an activating group) is 1. The van der Waals surface area contributed by atoms with E-state index in [1.165, 1.54) is 40.7 Å². The van der Waals surface area contributed by atoms with Gasteiger partial charge in [-0.15, -0.1) is 0 Å². The second-order valence-electron chi connectivity index (χ2n) is 10.2. The van der Waals surface area contributed by atoms with Gasteiger partial charge < -0.3 is 4.90 Å². The minimum absolute atomic E-state index is 0.0219. The van der Waals surface area contributed by atoms with Crippen LogP contribution in [-0.2, 0) is 26.1 Å². The van der Waals surface area contributed by atoms with Crippen LogP contribution in [0.25, 0.3) is 0 Å². The molecule has 2 nitrogen and oxygen atoms in total. The summed E-state index contributed by atoms with van der Waals surface area (Å²) in [6.45, 7) is 20.7. The number of fused-ring (bicyclic) bond motifs is 2. The minimum atomic E-state index is -0.0219. The Labute approximate surface area is 219 Å². The Morgan fingerprint density at radius 2 is 1.29 bits per heavy atom. The second-order valence-corrected chi connectivity index (χ2v) is 10.6. The lowest BCUT2D eigenvalue weighted by Gasteiger charge is -2.26. The Morgan fingerprint density at radius 1 is 0.771 bits per heavy atom. The van der Waals surface area contributed by atoms with Crippen LogP contribution in [0.3, 0.4) is 0 Å². The molecule has 196 valence electrons. The summed E-state index contributed by atoms with van der Waals surface area (Å²) in [6.07, 6.45) is 3.81. The summed E-state index contributed by atoms with van der Waals surface area (Å²) in [5, 5.41) is 0.930. The molecule has 0 bridgehead atoms. The number of hydrogen-bond acceptors (Lipinski definition) is 2. The predicted molar refractivity (Wildman–Crippen MR) is 151 cm³/mol. The highest BCUT2D eigenvalue weighted by atomic mass is 35.5. The number of rotatable bonds is 3. The van der Waals surface area contributed by atoms with Crippen molar-refractivity contribution in [2.45, 2.75) is 112 Å². The quantitative estimate of drug-likeness (QED) is 0.413. The first-order valence-corrected chi connectivity index (χ1v) is 14.2. The lowest BCUT2D eigenvalue weighted by Crippen LogP contribution is -2.26. The van der Waals surface area contributed by atoms with Gasteiger partial charge in [-0.25, -0.2) is 4.39 Å². The molecule has 0 N–H and O–H groups in total. The standard InChI is InChI=1S/C14H18FN.C13H18ClN.2C2H6/c1-9(2)13-5-10-7-16(12-3-4-12)8-11(10)6-14(13)15;1-9(2)12-6-10-4-5-15(3)8-11(10)7-13(12)14;2*1-2/h5-6,9,12H,3-4,7-8H2,1-2H3;6-7,9H,4-5,8H2,1-3H3;2*1-2H3. The molecule has 0 amide bonds. The highest BCUT2D eigenvalue weighted by Crippen LogP contribution is 2.36. The predicted octanol–water partition coefficient (Wildman–Crippen LogP) is 8.93. The van der Waals surface area contributed by atoms with Gasteiger partial charge in [0.1, 0.15) is 5.82 Å². The van der Waals surface area contributed by atoms with Crippen LogP contribution in [0.2, 0.25) is 5.02 Å².